The van der Waals surface area contributed by atoms with Crippen molar-refractivity contribution >= 4 is 11.6 Å². The molecule has 0 radical (unpaired) electrons. The van der Waals surface area contributed by atoms with Crippen LogP contribution in [0.3, 0.4) is 0 Å². The summed E-state index contributed by atoms with van der Waals surface area (Å²) in [6.45, 7) is 12.7. The Morgan fingerprint density at radius 1 is 1.42 bits per heavy atom. The van der Waals surface area contributed by atoms with Crippen molar-refractivity contribution in [3.63, 3.8) is 0 Å². The van der Waals surface area contributed by atoms with Crippen LogP contribution in [-0.4, -0.2) is 41.7 Å². The normalized spacial score (nSPS) is 18.7. The van der Waals surface area contributed by atoms with Crippen LogP contribution in [0.25, 0.3) is 0 Å². The minimum absolute atomic E-state index is 0.134. The van der Waals surface area contributed by atoms with E-state index in [-0.39, 0.29) is 5.54 Å². The molecule has 1 aromatic rings. The highest BCUT2D eigenvalue weighted by atomic mass is 15.3. The molecule has 2 heterocycles. The molecule has 0 aromatic carbocycles. The number of rotatable bonds is 4. The molecule has 1 aliphatic heterocycles. The van der Waals surface area contributed by atoms with Gasteiger partial charge < -0.3 is 15.5 Å². The largest absolute Gasteiger partial charge is 0.370 e. The number of aromatic nitrogens is 2. The molecule has 0 saturated carbocycles. The van der Waals surface area contributed by atoms with E-state index in [0.717, 1.165) is 37.8 Å². The molecule has 5 nitrogen and oxygen atoms in total. The van der Waals surface area contributed by atoms with Gasteiger partial charge in [0.1, 0.15) is 18.0 Å². The summed E-state index contributed by atoms with van der Waals surface area (Å²) < 4.78 is 0. The van der Waals surface area contributed by atoms with Crippen molar-refractivity contribution in [2.24, 2.45) is 5.92 Å². The Kier molecular flexibility index (Phi) is 4.24. The smallest absolute Gasteiger partial charge is 0.134 e. The number of nitrogens with zero attached hydrogens (tertiary/aromatic N) is 3. The molecule has 2 N–H and O–H groups in total. The van der Waals surface area contributed by atoms with Crippen LogP contribution in [0.15, 0.2) is 12.4 Å². The second kappa shape index (κ2) is 5.74. The molecule has 5 heteroatoms. The van der Waals surface area contributed by atoms with Gasteiger partial charge in [0.05, 0.1) is 0 Å². The Morgan fingerprint density at radius 3 is 2.89 bits per heavy atom. The van der Waals surface area contributed by atoms with Crippen LogP contribution in [0.1, 0.15) is 27.7 Å². The third-order valence-electron chi connectivity index (χ3n) is 3.24. The molecule has 19 heavy (non-hydrogen) atoms. The van der Waals surface area contributed by atoms with E-state index in [1.54, 1.807) is 6.33 Å². The predicted octanol–water partition coefficient (Wildman–Crippen LogP) is 1.73. The van der Waals surface area contributed by atoms with E-state index >= 15 is 0 Å². The second-order valence-electron chi connectivity index (χ2n) is 6.27. The average Bonchev–Trinajstić information content (AvgIpc) is 2.35. The lowest BCUT2D eigenvalue weighted by Gasteiger charge is -2.39. The number of hydrogen-bond acceptors (Lipinski definition) is 5. The van der Waals surface area contributed by atoms with E-state index in [4.69, 9.17) is 0 Å². The van der Waals surface area contributed by atoms with E-state index in [0.29, 0.717) is 5.92 Å². The third kappa shape index (κ3) is 4.06. The van der Waals surface area contributed by atoms with Crippen molar-refractivity contribution in [3.8, 4) is 0 Å². The van der Waals surface area contributed by atoms with Crippen LogP contribution in [0, 0.1) is 5.92 Å². The Balaban J connectivity index is 2.05. The fourth-order valence-corrected chi connectivity index (χ4v) is 2.26. The van der Waals surface area contributed by atoms with Crippen molar-refractivity contribution in [2.45, 2.75) is 33.2 Å². The first-order valence-corrected chi connectivity index (χ1v) is 7.02. The maximum atomic E-state index is 4.40. The fraction of sp³-hybridized carbons (Fsp3) is 0.714. The van der Waals surface area contributed by atoms with E-state index in [9.17, 15) is 0 Å². The van der Waals surface area contributed by atoms with Crippen LogP contribution >= 0.6 is 0 Å². The zero-order valence-electron chi connectivity index (χ0n) is 12.4. The maximum absolute atomic E-state index is 4.40. The van der Waals surface area contributed by atoms with Crippen LogP contribution in [0.2, 0.25) is 0 Å². The van der Waals surface area contributed by atoms with Crippen molar-refractivity contribution in [1.82, 2.24) is 15.3 Å². The topological polar surface area (TPSA) is 53.1 Å². The standard InChI is InChI=1S/C14H25N5/c1-11(2)8-15-12-7-13(17-10-16-12)19-6-5-18-14(3,4)9-19/h7,10-11,18H,5-6,8-9H2,1-4H3,(H,15,16,17). The average molecular weight is 263 g/mol. The summed E-state index contributed by atoms with van der Waals surface area (Å²) in [4.78, 5) is 11.0. The summed E-state index contributed by atoms with van der Waals surface area (Å²) in [5, 5.41) is 6.86. The Morgan fingerprint density at radius 2 is 2.21 bits per heavy atom. The molecule has 0 unspecified atom stereocenters. The van der Waals surface area contributed by atoms with Gasteiger partial charge in [0.25, 0.3) is 0 Å². The van der Waals surface area contributed by atoms with Gasteiger partial charge in [-0.15, -0.1) is 0 Å². The summed E-state index contributed by atoms with van der Waals surface area (Å²) >= 11 is 0. The van der Waals surface area contributed by atoms with Gasteiger partial charge >= 0.3 is 0 Å². The molecular weight excluding hydrogens is 238 g/mol. The van der Waals surface area contributed by atoms with Gasteiger partial charge in [-0.3, -0.25) is 0 Å². The molecule has 1 saturated heterocycles. The summed E-state index contributed by atoms with van der Waals surface area (Å²) in [7, 11) is 0. The molecule has 0 amide bonds. The van der Waals surface area contributed by atoms with E-state index in [1.807, 2.05) is 6.07 Å². The number of nitrogens with one attached hydrogen (secondary N) is 2. The highest BCUT2D eigenvalue weighted by molar-refractivity contribution is 5.49. The molecule has 0 atom stereocenters. The molecule has 0 aliphatic carbocycles. The molecule has 2 rings (SSSR count). The zero-order chi connectivity index (χ0) is 13.9. The predicted molar refractivity (Wildman–Crippen MR) is 79.7 cm³/mol. The Hall–Kier alpha value is -1.36. The van der Waals surface area contributed by atoms with E-state index in [2.05, 4.69) is 53.2 Å². The van der Waals surface area contributed by atoms with Crippen molar-refractivity contribution in [3.05, 3.63) is 12.4 Å². The van der Waals surface area contributed by atoms with Crippen LogP contribution in [0.5, 0.6) is 0 Å². The fourth-order valence-electron chi connectivity index (χ4n) is 2.26. The molecule has 1 aromatic heterocycles. The molecule has 1 aliphatic rings. The Labute approximate surface area is 115 Å². The first-order chi connectivity index (χ1) is 8.96. The van der Waals surface area contributed by atoms with Gasteiger partial charge in [-0.1, -0.05) is 13.8 Å². The van der Waals surface area contributed by atoms with Gasteiger partial charge in [-0.25, -0.2) is 9.97 Å². The third-order valence-corrected chi connectivity index (χ3v) is 3.24. The highest BCUT2D eigenvalue weighted by Gasteiger charge is 2.26. The monoisotopic (exact) mass is 263 g/mol. The first-order valence-electron chi connectivity index (χ1n) is 7.02. The molecular formula is C14H25N5. The molecule has 0 bridgehead atoms. The number of piperazine rings is 1. The van der Waals surface area contributed by atoms with E-state index in [1.165, 1.54) is 0 Å². The van der Waals surface area contributed by atoms with E-state index < -0.39 is 0 Å². The van der Waals surface area contributed by atoms with Crippen molar-refractivity contribution < 1.29 is 0 Å². The lowest BCUT2D eigenvalue weighted by atomic mass is 10.0. The van der Waals surface area contributed by atoms with Crippen molar-refractivity contribution in [1.29, 1.82) is 0 Å². The number of anilines is 2. The number of hydrogen-bond donors (Lipinski definition) is 2. The second-order valence-corrected chi connectivity index (χ2v) is 6.27. The van der Waals surface area contributed by atoms with Crippen LogP contribution in [0.4, 0.5) is 11.6 Å². The van der Waals surface area contributed by atoms with Crippen LogP contribution < -0.4 is 15.5 Å². The Bertz CT molecular complexity index is 416. The summed E-state index contributed by atoms with van der Waals surface area (Å²) in [5.41, 5.74) is 0.134. The summed E-state index contributed by atoms with van der Waals surface area (Å²) in [5.74, 6) is 2.53. The van der Waals surface area contributed by atoms with Gasteiger partial charge in [0.2, 0.25) is 0 Å². The van der Waals surface area contributed by atoms with Gasteiger partial charge in [-0.05, 0) is 19.8 Å². The summed E-state index contributed by atoms with van der Waals surface area (Å²) in [6, 6.07) is 2.05. The minimum Gasteiger partial charge on any atom is -0.370 e. The van der Waals surface area contributed by atoms with Gasteiger partial charge in [-0.2, -0.15) is 0 Å². The lowest BCUT2D eigenvalue weighted by molar-refractivity contribution is 0.351. The summed E-state index contributed by atoms with van der Waals surface area (Å²) in [6.07, 6.45) is 1.65. The van der Waals surface area contributed by atoms with Gasteiger partial charge in [0, 0.05) is 37.8 Å². The quantitative estimate of drug-likeness (QED) is 0.866. The SMILES string of the molecule is CC(C)CNc1cc(N2CCNC(C)(C)C2)ncn1. The molecule has 106 valence electrons. The highest BCUT2D eigenvalue weighted by Crippen LogP contribution is 2.19. The first kappa shape index (κ1) is 14.1. The molecule has 1 fully saturated rings. The lowest BCUT2D eigenvalue weighted by Crippen LogP contribution is -2.57. The maximum Gasteiger partial charge on any atom is 0.134 e. The zero-order valence-corrected chi connectivity index (χ0v) is 12.4. The van der Waals surface area contributed by atoms with Gasteiger partial charge in [0.15, 0.2) is 0 Å². The molecule has 0 spiro atoms. The van der Waals surface area contributed by atoms with Crippen molar-refractivity contribution in [2.75, 3.05) is 36.4 Å². The van der Waals surface area contributed by atoms with Crippen LogP contribution in [-0.2, 0) is 0 Å². The minimum atomic E-state index is 0.134.